The summed E-state index contributed by atoms with van der Waals surface area (Å²) in [5.41, 5.74) is 2.11. The minimum atomic E-state index is -1.09. The van der Waals surface area contributed by atoms with E-state index < -0.39 is 5.97 Å². The average Bonchev–Trinajstić information content (AvgIpc) is 2.49. The molecule has 3 rings (SSSR count). The zero-order valence-electron chi connectivity index (χ0n) is 12.0. The smallest absolute Gasteiger partial charge is 0.338 e. The van der Waals surface area contributed by atoms with Crippen LogP contribution in [0.3, 0.4) is 0 Å². The van der Waals surface area contributed by atoms with Crippen LogP contribution in [-0.2, 0) is 0 Å². The standard InChI is InChI=1S/C17H11Cl2NO3/c1-9-16(17(22)23)13-7-12(21)4-2-10(13)8-20(9)11-3-5-14(18)15(19)6-11/h2-8H,1H3,(H,22,23). The number of halogens is 2. The van der Waals surface area contributed by atoms with Crippen molar-refractivity contribution < 1.29 is 9.90 Å². The van der Waals surface area contributed by atoms with Gasteiger partial charge < -0.3 is 9.67 Å². The predicted octanol–water partition coefficient (Wildman–Crippen LogP) is 4.26. The van der Waals surface area contributed by atoms with Crippen LogP contribution in [0, 0.1) is 6.92 Å². The summed E-state index contributed by atoms with van der Waals surface area (Å²) < 4.78 is 1.72. The van der Waals surface area contributed by atoms with Crippen molar-refractivity contribution in [2.45, 2.75) is 6.92 Å². The Kier molecular flexibility index (Phi) is 3.88. The average molecular weight is 348 g/mol. The Morgan fingerprint density at radius 2 is 1.83 bits per heavy atom. The topological polar surface area (TPSA) is 59.3 Å². The van der Waals surface area contributed by atoms with Crippen LogP contribution in [0.25, 0.3) is 16.8 Å². The van der Waals surface area contributed by atoms with E-state index >= 15 is 0 Å². The molecule has 1 aliphatic carbocycles. The second kappa shape index (κ2) is 5.72. The molecule has 0 saturated heterocycles. The normalized spacial score (nSPS) is 10.9. The van der Waals surface area contributed by atoms with Gasteiger partial charge in [0.15, 0.2) is 5.43 Å². The molecular formula is C17H11Cl2NO3. The molecule has 0 unspecified atom stereocenters. The van der Waals surface area contributed by atoms with Gasteiger partial charge in [-0.05, 0) is 48.9 Å². The number of nitrogens with zero attached hydrogens (tertiary/aromatic N) is 1. The monoisotopic (exact) mass is 347 g/mol. The highest BCUT2D eigenvalue weighted by Gasteiger charge is 2.20. The Labute approximate surface area is 141 Å². The molecule has 0 fully saturated rings. The molecule has 0 amide bonds. The van der Waals surface area contributed by atoms with E-state index in [1.165, 1.54) is 12.1 Å². The first-order chi connectivity index (χ1) is 10.9. The largest absolute Gasteiger partial charge is 0.478 e. The number of hydrogen-bond acceptors (Lipinski definition) is 2. The van der Waals surface area contributed by atoms with Gasteiger partial charge in [-0.2, -0.15) is 0 Å². The van der Waals surface area contributed by atoms with E-state index in [-0.39, 0.29) is 11.0 Å². The van der Waals surface area contributed by atoms with Crippen molar-refractivity contribution in [1.29, 1.82) is 0 Å². The van der Waals surface area contributed by atoms with Gasteiger partial charge in [0.05, 0.1) is 15.6 Å². The SMILES string of the molecule is Cc1c(C(=O)O)c2cc(=O)ccc-2cn1-c1ccc(Cl)c(Cl)c1. The van der Waals surface area contributed by atoms with Gasteiger partial charge in [0, 0.05) is 23.1 Å². The van der Waals surface area contributed by atoms with Gasteiger partial charge in [0.25, 0.3) is 0 Å². The number of aromatic carboxylic acids is 1. The number of carbonyl (C=O) groups is 1. The van der Waals surface area contributed by atoms with Gasteiger partial charge in [-0.15, -0.1) is 0 Å². The molecule has 0 bridgehead atoms. The number of fused-ring (bicyclic) bond motifs is 1. The van der Waals surface area contributed by atoms with Gasteiger partial charge in [-0.25, -0.2) is 4.79 Å². The summed E-state index contributed by atoms with van der Waals surface area (Å²) in [6, 6.07) is 9.42. The molecule has 0 atom stereocenters. The highest BCUT2D eigenvalue weighted by atomic mass is 35.5. The highest BCUT2D eigenvalue weighted by Crippen LogP contribution is 2.31. The van der Waals surface area contributed by atoms with E-state index in [0.29, 0.717) is 32.6 Å². The van der Waals surface area contributed by atoms with Gasteiger partial charge >= 0.3 is 5.97 Å². The lowest BCUT2D eigenvalue weighted by Gasteiger charge is -2.19. The number of aromatic nitrogens is 1. The maximum absolute atomic E-state index is 11.7. The number of hydrogen-bond donors (Lipinski definition) is 1. The third-order valence-corrected chi connectivity index (χ3v) is 4.42. The van der Waals surface area contributed by atoms with E-state index in [9.17, 15) is 14.7 Å². The molecule has 2 aliphatic rings. The van der Waals surface area contributed by atoms with Gasteiger partial charge in [0.2, 0.25) is 0 Å². The number of carboxylic acid groups (broad SMARTS) is 1. The molecule has 1 aromatic carbocycles. The van der Waals surface area contributed by atoms with E-state index in [0.717, 1.165) is 0 Å². The van der Waals surface area contributed by atoms with Crippen LogP contribution < -0.4 is 5.43 Å². The van der Waals surface area contributed by atoms with Gasteiger partial charge in [-0.3, -0.25) is 4.79 Å². The zero-order valence-corrected chi connectivity index (χ0v) is 13.5. The molecule has 0 aromatic heterocycles. The molecule has 4 nitrogen and oxygen atoms in total. The Bertz CT molecular complexity index is 963. The molecule has 1 aromatic rings. The molecule has 23 heavy (non-hydrogen) atoms. The van der Waals surface area contributed by atoms with Gasteiger partial charge in [0.1, 0.15) is 0 Å². The molecular weight excluding hydrogens is 337 g/mol. The molecule has 1 N–H and O–H groups in total. The van der Waals surface area contributed by atoms with Crippen molar-refractivity contribution >= 4 is 29.2 Å². The Morgan fingerprint density at radius 1 is 1.09 bits per heavy atom. The predicted molar refractivity (Wildman–Crippen MR) is 90.4 cm³/mol. The van der Waals surface area contributed by atoms with Crippen molar-refractivity contribution in [1.82, 2.24) is 4.57 Å². The summed E-state index contributed by atoms with van der Waals surface area (Å²) >= 11 is 12.0. The Hall–Kier alpha value is -2.30. The van der Waals surface area contributed by atoms with Crippen LogP contribution >= 0.6 is 23.2 Å². The zero-order chi connectivity index (χ0) is 16.7. The first-order valence-corrected chi connectivity index (χ1v) is 7.49. The fraction of sp³-hybridized carbons (Fsp3) is 0.0588. The molecule has 1 aliphatic heterocycles. The maximum Gasteiger partial charge on any atom is 0.338 e. The highest BCUT2D eigenvalue weighted by molar-refractivity contribution is 6.42. The molecule has 116 valence electrons. The third kappa shape index (κ3) is 2.71. The molecule has 6 heteroatoms. The Morgan fingerprint density at radius 3 is 2.48 bits per heavy atom. The summed E-state index contributed by atoms with van der Waals surface area (Å²) in [7, 11) is 0. The van der Waals surface area contributed by atoms with Gasteiger partial charge in [-0.1, -0.05) is 23.2 Å². The fourth-order valence-corrected chi connectivity index (χ4v) is 2.88. The molecule has 0 saturated carbocycles. The van der Waals surface area contributed by atoms with Crippen molar-refractivity contribution in [3.63, 3.8) is 0 Å². The van der Waals surface area contributed by atoms with Crippen molar-refractivity contribution in [2.75, 3.05) is 0 Å². The lowest BCUT2D eigenvalue weighted by atomic mass is 9.97. The van der Waals surface area contributed by atoms with Crippen LogP contribution in [0.5, 0.6) is 0 Å². The van der Waals surface area contributed by atoms with Crippen LogP contribution in [0.4, 0.5) is 0 Å². The number of benzene rings is 2. The quantitative estimate of drug-likeness (QED) is 0.753. The summed E-state index contributed by atoms with van der Waals surface area (Å²) in [5, 5.41) is 10.4. The second-order valence-electron chi connectivity index (χ2n) is 5.11. The minimum Gasteiger partial charge on any atom is -0.478 e. The number of pyridine rings is 1. The number of rotatable bonds is 2. The van der Waals surface area contributed by atoms with E-state index in [1.54, 1.807) is 42.0 Å². The summed E-state index contributed by atoms with van der Waals surface area (Å²) in [6.45, 7) is 1.68. The second-order valence-corrected chi connectivity index (χ2v) is 5.93. The number of carboxylic acids is 1. The maximum atomic E-state index is 11.7. The molecule has 1 heterocycles. The molecule has 0 spiro atoms. The van der Waals surface area contributed by atoms with E-state index in [2.05, 4.69) is 0 Å². The van der Waals surface area contributed by atoms with Crippen LogP contribution in [-0.4, -0.2) is 15.6 Å². The van der Waals surface area contributed by atoms with Crippen LogP contribution in [0.1, 0.15) is 16.1 Å². The lowest BCUT2D eigenvalue weighted by Crippen LogP contribution is -2.13. The van der Waals surface area contributed by atoms with Crippen LogP contribution in [0.2, 0.25) is 10.0 Å². The van der Waals surface area contributed by atoms with Crippen molar-refractivity contribution in [3.05, 3.63) is 74.1 Å². The summed E-state index contributed by atoms with van der Waals surface area (Å²) in [6.07, 6.45) is 1.77. The van der Waals surface area contributed by atoms with Crippen molar-refractivity contribution in [3.8, 4) is 16.8 Å². The third-order valence-electron chi connectivity index (χ3n) is 3.68. The van der Waals surface area contributed by atoms with Crippen LogP contribution in [0.15, 0.2) is 47.4 Å². The van der Waals surface area contributed by atoms with E-state index in [1.807, 2.05) is 0 Å². The van der Waals surface area contributed by atoms with Crippen molar-refractivity contribution in [2.24, 2.45) is 0 Å². The first kappa shape index (κ1) is 15.6. The molecule has 0 radical (unpaired) electrons. The van der Waals surface area contributed by atoms with E-state index in [4.69, 9.17) is 23.2 Å². The fourth-order valence-electron chi connectivity index (χ4n) is 2.59. The lowest BCUT2D eigenvalue weighted by molar-refractivity contribution is 0.0696. The Balaban J connectivity index is 2.38. The first-order valence-electron chi connectivity index (χ1n) is 6.73. The summed E-state index contributed by atoms with van der Waals surface area (Å²) in [5.74, 6) is -1.09. The minimum absolute atomic E-state index is 0.0891. The summed E-state index contributed by atoms with van der Waals surface area (Å²) in [4.78, 5) is 23.3.